The number of carbonyl (C=O) groups excluding carboxylic acids is 1. The van der Waals surface area contributed by atoms with Crippen molar-refractivity contribution in [3.8, 4) is 0 Å². The number of hydrogen-bond acceptors (Lipinski definition) is 5. The molecule has 1 saturated heterocycles. The molecule has 0 aliphatic carbocycles. The molecule has 0 radical (unpaired) electrons. The van der Waals surface area contributed by atoms with E-state index in [-0.39, 0.29) is 11.9 Å². The predicted octanol–water partition coefficient (Wildman–Crippen LogP) is 4.44. The molecule has 0 saturated carbocycles. The molecule has 1 unspecified atom stereocenters. The molecule has 8 heteroatoms. The highest BCUT2D eigenvalue weighted by molar-refractivity contribution is 6.02. The van der Waals surface area contributed by atoms with Crippen molar-refractivity contribution in [3.63, 3.8) is 0 Å². The van der Waals surface area contributed by atoms with Crippen LogP contribution >= 0.6 is 0 Å². The van der Waals surface area contributed by atoms with Gasteiger partial charge in [0.15, 0.2) is 0 Å². The van der Waals surface area contributed by atoms with Crippen LogP contribution in [0.3, 0.4) is 0 Å². The first kappa shape index (κ1) is 21.3. The Balaban J connectivity index is 1.48. The number of fused-ring (bicyclic) bond motifs is 1. The van der Waals surface area contributed by atoms with E-state index in [1.165, 1.54) is 11.2 Å². The Morgan fingerprint density at radius 1 is 1.09 bits per heavy atom. The lowest BCUT2D eigenvalue weighted by Crippen LogP contribution is -2.35. The van der Waals surface area contributed by atoms with Crippen LogP contribution in [0.2, 0.25) is 0 Å². The van der Waals surface area contributed by atoms with E-state index in [1.807, 2.05) is 36.4 Å². The first-order chi connectivity index (χ1) is 15.5. The van der Waals surface area contributed by atoms with Gasteiger partial charge in [-0.25, -0.2) is 14.8 Å². The number of likely N-dealkylation sites (tertiary alicyclic amines) is 1. The van der Waals surface area contributed by atoms with Gasteiger partial charge in [0.1, 0.15) is 12.1 Å². The maximum Gasteiger partial charge on any atom is 0.407 e. The van der Waals surface area contributed by atoms with Gasteiger partial charge in [-0.2, -0.15) is 0 Å². The van der Waals surface area contributed by atoms with Crippen molar-refractivity contribution in [2.24, 2.45) is 0 Å². The molecule has 0 spiro atoms. The first-order valence-corrected chi connectivity index (χ1v) is 10.5. The summed E-state index contributed by atoms with van der Waals surface area (Å²) in [6.07, 6.45) is 3.31. The van der Waals surface area contributed by atoms with E-state index in [2.05, 4.69) is 39.7 Å². The van der Waals surface area contributed by atoms with Gasteiger partial charge < -0.3 is 20.6 Å². The summed E-state index contributed by atoms with van der Waals surface area (Å²) in [7, 11) is 0. The summed E-state index contributed by atoms with van der Waals surface area (Å²) >= 11 is 0. The minimum atomic E-state index is -0.919. The number of piperidine rings is 1. The van der Waals surface area contributed by atoms with E-state index in [9.17, 15) is 9.59 Å². The second-order valence-electron chi connectivity index (χ2n) is 7.79. The monoisotopic (exact) mass is 431 g/mol. The number of amides is 2. The molecule has 3 N–H and O–H groups in total. The Hall–Kier alpha value is -3.94. The fourth-order valence-electron chi connectivity index (χ4n) is 3.77. The van der Waals surface area contributed by atoms with Gasteiger partial charge in [-0.05, 0) is 43.5 Å². The number of carboxylic acid groups (broad SMARTS) is 1. The summed E-state index contributed by atoms with van der Waals surface area (Å²) in [5.74, 6) is 0.467. The van der Waals surface area contributed by atoms with Crippen molar-refractivity contribution in [1.29, 1.82) is 0 Å². The highest BCUT2D eigenvalue weighted by Gasteiger charge is 2.18. The molecule has 8 nitrogen and oxygen atoms in total. The topological polar surface area (TPSA) is 107 Å². The molecule has 3 aromatic rings. The molecule has 164 valence electrons. The van der Waals surface area contributed by atoms with E-state index in [0.717, 1.165) is 22.0 Å². The average molecular weight is 431 g/mol. The van der Waals surface area contributed by atoms with Gasteiger partial charge in [0, 0.05) is 36.3 Å². The van der Waals surface area contributed by atoms with Crippen molar-refractivity contribution in [2.75, 3.05) is 23.7 Å². The summed E-state index contributed by atoms with van der Waals surface area (Å²) in [6, 6.07) is 15.7. The molecule has 1 aliphatic rings. The first-order valence-electron chi connectivity index (χ1n) is 10.5. The number of benzene rings is 2. The minimum Gasteiger partial charge on any atom is -0.465 e. The van der Waals surface area contributed by atoms with Crippen LogP contribution in [0.5, 0.6) is 0 Å². The van der Waals surface area contributed by atoms with Crippen LogP contribution in [-0.4, -0.2) is 45.1 Å². The molecule has 2 amide bonds. The second-order valence-corrected chi connectivity index (χ2v) is 7.79. The lowest BCUT2D eigenvalue weighted by atomic mass is 10.0. The summed E-state index contributed by atoms with van der Waals surface area (Å²) in [5, 5.41) is 16.2. The quantitative estimate of drug-likeness (QED) is 0.516. The number of hydrogen-bond donors (Lipinski definition) is 3. The van der Waals surface area contributed by atoms with Crippen molar-refractivity contribution in [3.05, 3.63) is 72.1 Å². The third-order valence-corrected chi connectivity index (χ3v) is 5.57. The third kappa shape index (κ3) is 5.03. The van der Waals surface area contributed by atoms with E-state index in [1.54, 1.807) is 6.08 Å². The standard InChI is InChI=1S/C24H25N5O3/c1-16(18-5-3-2-4-6-18)27-23-20-14-19(7-8-21(20)25-15-26-23)28-22(30)13-17-9-11-29(12-10-17)24(31)32/h2-8,13-16H,9-12H2,1H3,(H,28,30)(H,31,32)(H,25,26,27). The van der Waals surface area contributed by atoms with Gasteiger partial charge >= 0.3 is 6.09 Å². The normalized spacial score (nSPS) is 14.7. The fraction of sp³-hybridized carbons (Fsp3) is 0.250. The second kappa shape index (κ2) is 9.47. The SMILES string of the molecule is CC(Nc1ncnc2ccc(NC(=O)C=C3CCN(C(=O)O)CC3)cc12)c1ccccc1. The highest BCUT2D eigenvalue weighted by atomic mass is 16.4. The van der Waals surface area contributed by atoms with Crippen LogP contribution in [0.15, 0.2) is 66.5 Å². The van der Waals surface area contributed by atoms with Gasteiger partial charge in [-0.1, -0.05) is 35.9 Å². The minimum absolute atomic E-state index is 0.0500. The number of anilines is 2. The summed E-state index contributed by atoms with van der Waals surface area (Å²) in [6.45, 7) is 2.89. The van der Waals surface area contributed by atoms with Crippen molar-refractivity contribution >= 4 is 34.4 Å². The van der Waals surface area contributed by atoms with Gasteiger partial charge in [0.05, 0.1) is 5.52 Å². The smallest absolute Gasteiger partial charge is 0.407 e. The lowest BCUT2D eigenvalue weighted by Gasteiger charge is -2.25. The lowest BCUT2D eigenvalue weighted by molar-refractivity contribution is -0.112. The van der Waals surface area contributed by atoms with E-state index < -0.39 is 6.09 Å². The number of aromatic nitrogens is 2. The highest BCUT2D eigenvalue weighted by Crippen LogP contribution is 2.26. The van der Waals surface area contributed by atoms with Crippen LogP contribution in [0.25, 0.3) is 10.9 Å². The van der Waals surface area contributed by atoms with Crippen LogP contribution in [0, 0.1) is 0 Å². The summed E-state index contributed by atoms with van der Waals surface area (Å²) in [5.41, 5.74) is 3.51. The van der Waals surface area contributed by atoms with Gasteiger partial charge in [0.2, 0.25) is 5.91 Å². The van der Waals surface area contributed by atoms with E-state index in [0.29, 0.717) is 37.4 Å². The Kier molecular flexibility index (Phi) is 6.30. The number of nitrogens with zero attached hydrogens (tertiary/aromatic N) is 3. The molecule has 0 bridgehead atoms. The largest absolute Gasteiger partial charge is 0.465 e. The zero-order valence-electron chi connectivity index (χ0n) is 17.8. The van der Waals surface area contributed by atoms with E-state index in [4.69, 9.17) is 5.11 Å². The molecule has 1 aromatic heterocycles. The maximum absolute atomic E-state index is 12.5. The van der Waals surface area contributed by atoms with Crippen LogP contribution in [-0.2, 0) is 4.79 Å². The summed E-state index contributed by atoms with van der Waals surface area (Å²) in [4.78, 5) is 33.6. The Morgan fingerprint density at radius 2 is 1.84 bits per heavy atom. The number of nitrogens with one attached hydrogen (secondary N) is 2. The molecule has 2 aromatic carbocycles. The Morgan fingerprint density at radius 3 is 2.56 bits per heavy atom. The van der Waals surface area contributed by atoms with Crippen molar-refractivity contribution < 1.29 is 14.7 Å². The molecule has 4 rings (SSSR count). The number of rotatable bonds is 5. The summed E-state index contributed by atoms with van der Waals surface area (Å²) < 4.78 is 0. The molecule has 1 aliphatic heterocycles. The van der Waals surface area contributed by atoms with Gasteiger partial charge in [0.25, 0.3) is 0 Å². The van der Waals surface area contributed by atoms with Crippen molar-refractivity contribution in [1.82, 2.24) is 14.9 Å². The average Bonchev–Trinajstić information content (AvgIpc) is 2.80. The van der Waals surface area contributed by atoms with Crippen LogP contribution in [0.4, 0.5) is 16.3 Å². The third-order valence-electron chi connectivity index (χ3n) is 5.57. The fourth-order valence-corrected chi connectivity index (χ4v) is 3.77. The molecular formula is C24H25N5O3. The predicted molar refractivity (Wildman–Crippen MR) is 124 cm³/mol. The zero-order chi connectivity index (χ0) is 22.5. The Labute approximate surface area is 186 Å². The molecule has 32 heavy (non-hydrogen) atoms. The van der Waals surface area contributed by atoms with Crippen LogP contribution < -0.4 is 10.6 Å². The Bertz CT molecular complexity index is 1150. The van der Waals surface area contributed by atoms with E-state index >= 15 is 0 Å². The van der Waals surface area contributed by atoms with Crippen molar-refractivity contribution in [2.45, 2.75) is 25.8 Å². The molecular weight excluding hydrogens is 406 g/mol. The molecule has 2 heterocycles. The molecule has 1 fully saturated rings. The van der Waals surface area contributed by atoms with Gasteiger partial charge in [-0.3, -0.25) is 4.79 Å². The van der Waals surface area contributed by atoms with Crippen LogP contribution in [0.1, 0.15) is 31.4 Å². The van der Waals surface area contributed by atoms with Gasteiger partial charge in [-0.15, -0.1) is 0 Å². The number of carbonyl (C=O) groups is 2. The zero-order valence-corrected chi connectivity index (χ0v) is 17.8. The molecule has 1 atom stereocenters. The maximum atomic E-state index is 12.5.